The summed E-state index contributed by atoms with van der Waals surface area (Å²) in [6.07, 6.45) is 10.7. The molecule has 0 aromatic heterocycles. The molecule has 1 saturated heterocycles. The fraction of sp³-hybridized carbons (Fsp3) is 1.00. The second kappa shape index (κ2) is 13.7. The van der Waals surface area contributed by atoms with Gasteiger partial charge in [0.25, 0.3) is 0 Å². The summed E-state index contributed by atoms with van der Waals surface area (Å²) < 4.78 is 0.614. The molecule has 0 aromatic carbocycles. The molecule has 3 rings (SSSR count). The fourth-order valence-electron chi connectivity index (χ4n) is 5.41. The van der Waals surface area contributed by atoms with E-state index in [9.17, 15) is 0 Å². The Bertz CT molecular complexity index is 558. The van der Waals surface area contributed by atoms with Gasteiger partial charge in [-0.3, -0.25) is 0 Å². The standard InChI is InChI=1S/C28H56N4S4/c1-25(2)18-29-22-14-10-9-13-21(22)17-32-28(7,8)36-35-27(5,6)20-31-24-16-12-11-15-23(24)30-19-26(3,4)34-33-25/h21-24,29-32H,9-20H2,1-8H3/t21-,22-,23-,24-/m1/s1. The van der Waals surface area contributed by atoms with Crippen LogP contribution in [0.5, 0.6) is 0 Å². The molecule has 0 aromatic rings. The van der Waals surface area contributed by atoms with Gasteiger partial charge in [0.1, 0.15) is 0 Å². The van der Waals surface area contributed by atoms with Gasteiger partial charge >= 0.3 is 0 Å². The molecule has 4 nitrogen and oxygen atoms in total. The monoisotopic (exact) mass is 576 g/mol. The highest BCUT2D eigenvalue weighted by Crippen LogP contribution is 2.44. The van der Waals surface area contributed by atoms with Crippen LogP contribution in [-0.4, -0.2) is 63.4 Å². The van der Waals surface area contributed by atoms with Crippen LogP contribution in [0.3, 0.4) is 0 Å². The molecule has 0 spiro atoms. The molecule has 1 heterocycles. The van der Waals surface area contributed by atoms with E-state index in [4.69, 9.17) is 0 Å². The van der Waals surface area contributed by atoms with Crippen molar-refractivity contribution >= 4 is 43.2 Å². The van der Waals surface area contributed by atoms with E-state index in [2.05, 4.69) is 109 Å². The maximum absolute atomic E-state index is 4.03. The minimum Gasteiger partial charge on any atom is -0.312 e. The molecule has 36 heavy (non-hydrogen) atoms. The molecule has 0 unspecified atom stereocenters. The molecule has 2 aliphatic carbocycles. The minimum atomic E-state index is 0.0665. The van der Waals surface area contributed by atoms with Crippen molar-refractivity contribution < 1.29 is 0 Å². The van der Waals surface area contributed by atoms with Gasteiger partial charge in [-0.15, -0.1) is 0 Å². The van der Waals surface area contributed by atoms with Crippen LogP contribution in [-0.2, 0) is 0 Å². The molecule has 2 saturated carbocycles. The van der Waals surface area contributed by atoms with Gasteiger partial charge in [-0.25, -0.2) is 0 Å². The van der Waals surface area contributed by atoms with Crippen LogP contribution in [0.25, 0.3) is 0 Å². The molecule has 4 N–H and O–H groups in total. The molecule has 1 aliphatic heterocycles. The summed E-state index contributed by atoms with van der Waals surface area (Å²) in [6.45, 7) is 23.5. The Kier molecular flexibility index (Phi) is 12.1. The lowest BCUT2D eigenvalue weighted by molar-refractivity contribution is 0.244. The largest absolute Gasteiger partial charge is 0.312 e. The molecule has 3 aliphatic rings. The average molecular weight is 577 g/mol. The summed E-state index contributed by atoms with van der Waals surface area (Å²) in [5, 5.41) is 16.0. The third-order valence-electron chi connectivity index (χ3n) is 7.80. The summed E-state index contributed by atoms with van der Waals surface area (Å²) in [7, 11) is 8.24. The zero-order valence-corrected chi connectivity index (χ0v) is 27.7. The highest BCUT2D eigenvalue weighted by Gasteiger charge is 2.34. The van der Waals surface area contributed by atoms with Crippen LogP contribution in [0.4, 0.5) is 0 Å². The number of hydrogen-bond donors (Lipinski definition) is 4. The average Bonchev–Trinajstić information content (AvgIpc) is 2.82. The van der Waals surface area contributed by atoms with E-state index in [0.29, 0.717) is 18.1 Å². The van der Waals surface area contributed by atoms with Gasteiger partial charge in [-0.1, -0.05) is 68.9 Å². The van der Waals surface area contributed by atoms with Gasteiger partial charge in [-0.05, 0) is 87.0 Å². The number of nitrogens with one attached hydrogen (secondary N) is 4. The van der Waals surface area contributed by atoms with Crippen molar-refractivity contribution in [2.45, 2.75) is 144 Å². The SMILES string of the molecule is CC1(C)CN[C@@H]2CCCC[C@@H]2CNC(C)(C)SSC(C)(C)CN[C@@H]2CCCC[C@H]2NCC(C)(C)SS1. The van der Waals surface area contributed by atoms with Gasteiger partial charge in [0, 0.05) is 58.5 Å². The quantitative estimate of drug-likeness (QED) is 0.229. The predicted molar refractivity (Wildman–Crippen MR) is 170 cm³/mol. The molecule has 4 atom stereocenters. The van der Waals surface area contributed by atoms with Crippen LogP contribution in [0.2, 0.25) is 0 Å². The van der Waals surface area contributed by atoms with E-state index in [1.165, 1.54) is 51.4 Å². The van der Waals surface area contributed by atoms with Gasteiger partial charge in [-0.2, -0.15) is 0 Å². The van der Waals surface area contributed by atoms with Crippen LogP contribution in [0.1, 0.15) is 107 Å². The van der Waals surface area contributed by atoms with E-state index in [-0.39, 0.29) is 19.1 Å². The zero-order valence-electron chi connectivity index (χ0n) is 24.4. The van der Waals surface area contributed by atoms with Crippen LogP contribution in [0.15, 0.2) is 0 Å². The summed E-state index contributed by atoms with van der Waals surface area (Å²) in [5.41, 5.74) is 0. The molecule has 0 radical (unpaired) electrons. The Morgan fingerprint density at radius 1 is 0.500 bits per heavy atom. The molecule has 212 valence electrons. The lowest BCUT2D eigenvalue weighted by Crippen LogP contribution is -2.54. The second-order valence-electron chi connectivity index (χ2n) is 13.8. The Labute approximate surface area is 239 Å². The lowest BCUT2D eigenvalue weighted by atomic mass is 9.84. The third kappa shape index (κ3) is 11.0. The first-order valence-corrected chi connectivity index (χ1v) is 18.7. The smallest absolute Gasteiger partial charge is 0.0691 e. The van der Waals surface area contributed by atoms with Crippen molar-refractivity contribution in [1.82, 2.24) is 21.3 Å². The van der Waals surface area contributed by atoms with Gasteiger partial charge < -0.3 is 21.3 Å². The van der Waals surface area contributed by atoms with Crippen molar-refractivity contribution in [3.63, 3.8) is 0 Å². The van der Waals surface area contributed by atoms with Crippen molar-refractivity contribution in [1.29, 1.82) is 0 Å². The molecule has 0 amide bonds. The van der Waals surface area contributed by atoms with E-state index in [0.717, 1.165) is 32.1 Å². The highest BCUT2D eigenvalue weighted by molar-refractivity contribution is 8.78. The summed E-state index contributed by atoms with van der Waals surface area (Å²) in [4.78, 5) is 0.0665. The Balaban J connectivity index is 1.71. The number of hydrogen-bond acceptors (Lipinski definition) is 8. The normalized spacial score (nSPS) is 36.7. The van der Waals surface area contributed by atoms with Crippen molar-refractivity contribution in [3.05, 3.63) is 0 Å². The summed E-state index contributed by atoms with van der Waals surface area (Å²) >= 11 is 0. The summed E-state index contributed by atoms with van der Waals surface area (Å²) in [6, 6.07) is 1.80. The highest BCUT2D eigenvalue weighted by atomic mass is 33.1. The maximum atomic E-state index is 4.03. The summed E-state index contributed by atoms with van der Waals surface area (Å²) in [5.74, 6) is 0.723. The van der Waals surface area contributed by atoms with Crippen molar-refractivity contribution in [3.8, 4) is 0 Å². The molecule has 3 fully saturated rings. The molecular formula is C28H56N4S4. The van der Waals surface area contributed by atoms with Gasteiger partial charge in [0.2, 0.25) is 0 Å². The number of fused-ring (bicyclic) bond motifs is 2. The zero-order chi connectivity index (χ0) is 26.5. The van der Waals surface area contributed by atoms with E-state index in [1.807, 2.05) is 10.8 Å². The van der Waals surface area contributed by atoms with Crippen LogP contribution in [0, 0.1) is 5.92 Å². The van der Waals surface area contributed by atoms with E-state index >= 15 is 0 Å². The van der Waals surface area contributed by atoms with E-state index < -0.39 is 0 Å². The van der Waals surface area contributed by atoms with E-state index in [1.54, 1.807) is 0 Å². The lowest BCUT2D eigenvalue weighted by Gasteiger charge is -2.40. The minimum absolute atomic E-state index is 0.0665. The fourth-order valence-corrected chi connectivity index (χ4v) is 10.2. The molecular weight excluding hydrogens is 521 g/mol. The maximum Gasteiger partial charge on any atom is 0.0691 e. The number of rotatable bonds is 0. The van der Waals surface area contributed by atoms with Crippen LogP contribution < -0.4 is 21.3 Å². The van der Waals surface area contributed by atoms with Crippen molar-refractivity contribution in [2.24, 2.45) is 5.92 Å². The predicted octanol–water partition coefficient (Wildman–Crippen LogP) is 7.06. The molecule has 0 bridgehead atoms. The Morgan fingerprint density at radius 2 is 0.889 bits per heavy atom. The van der Waals surface area contributed by atoms with Gasteiger partial charge in [0.05, 0.1) is 4.87 Å². The third-order valence-corrected chi connectivity index (χ3v) is 16.1. The Morgan fingerprint density at radius 3 is 1.39 bits per heavy atom. The first kappa shape index (κ1) is 31.8. The Hall–Kier alpha value is 1.24. The second-order valence-corrected chi connectivity index (χ2v) is 20.8. The van der Waals surface area contributed by atoms with Gasteiger partial charge in [0.15, 0.2) is 0 Å². The first-order chi connectivity index (χ1) is 16.8. The van der Waals surface area contributed by atoms with Crippen LogP contribution >= 0.6 is 43.2 Å². The topological polar surface area (TPSA) is 48.1 Å². The first-order valence-electron chi connectivity index (χ1n) is 14.4. The molecule has 8 heteroatoms. The van der Waals surface area contributed by atoms with Crippen molar-refractivity contribution in [2.75, 3.05) is 26.2 Å².